The highest BCUT2D eigenvalue weighted by molar-refractivity contribution is 6.01. The molecule has 2 atom stereocenters. The number of nitrogens with one attached hydrogen (secondary N) is 2. The van der Waals surface area contributed by atoms with Crippen LogP contribution in [0.15, 0.2) is 36.4 Å². The van der Waals surface area contributed by atoms with Crippen LogP contribution in [-0.4, -0.2) is 39.7 Å². The lowest BCUT2D eigenvalue weighted by Gasteiger charge is -2.16. The molecule has 1 heterocycles. The van der Waals surface area contributed by atoms with E-state index in [0.717, 1.165) is 0 Å². The molecule has 2 aromatic carbocycles. The summed E-state index contributed by atoms with van der Waals surface area (Å²) in [5.74, 6) is 0.779. The summed E-state index contributed by atoms with van der Waals surface area (Å²) < 4.78 is 29.8. The zero-order valence-corrected chi connectivity index (χ0v) is 14.8. The van der Waals surface area contributed by atoms with E-state index in [1.807, 2.05) is 0 Å². The van der Waals surface area contributed by atoms with Gasteiger partial charge in [-0.2, -0.15) is 0 Å². The van der Waals surface area contributed by atoms with Crippen LogP contribution in [0.1, 0.15) is 22.1 Å². The molecule has 0 amide bonds. The van der Waals surface area contributed by atoms with Crippen LogP contribution in [0.3, 0.4) is 0 Å². The SMILES string of the molecule is COc1cc(C(=O)C2CNC(c3ccccc3F)N2)cc(OC)c1OC. The molecule has 0 radical (unpaired) electrons. The van der Waals surface area contributed by atoms with Gasteiger partial charge < -0.3 is 14.2 Å². The molecule has 2 N–H and O–H groups in total. The molecule has 1 saturated heterocycles. The fourth-order valence-corrected chi connectivity index (χ4v) is 3.06. The average molecular weight is 360 g/mol. The van der Waals surface area contributed by atoms with Gasteiger partial charge >= 0.3 is 0 Å². The van der Waals surface area contributed by atoms with Gasteiger partial charge in [-0.1, -0.05) is 18.2 Å². The van der Waals surface area contributed by atoms with Gasteiger partial charge in [0.25, 0.3) is 0 Å². The van der Waals surface area contributed by atoms with Gasteiger partial charge in [0, 0.05) is 17.7 Å². The lowest BCUT2D eigenvalue weighted by atomic mass is 10.0. The number of ether oxygens (including phenoxy) is 3. The summed E-state index contributed by atoms with van der Waals surface area (Å²) in [5.41, 5.74) is 0.903. The zero-order chi connectivity index (χ0) is 18.7. The number of rotatable bonds is 6. The maximum absolute atomic E-state index is 14.0. The Bertz CT molecular complexity index is 787. The second-order valence-electron chi connectivity index (χ2n) is 5.86. The highest BCUT2D eigenvalue weighted by Crippen LogP contribution is 2.38. The number of benzene rings is 2. The van der Waals surface area contributed by atoms with Crippen molar-refractivity contribution in [1.29, 1.82) is 0 Å². The van der Waals surface area contributed by atoms with Crippen molar-refractivity contribution in [1.82, 2.24) is 10.6 Å². The minimum absolute atomic E-state index is 0.143. The molecule has 0 aromatic heterocycles. The van der Waals surface area contributed by atoms with E-state index in [4.69, 9.17) is 14.2 Å². The molecule has 0 saturated carbocycles. The van der Waals surface area contributed by atoms with Gasteiger partial charge in [-0.25, -0.2) is 4.39 Å². The molecule has 26 heavy (non-hydrogen) atoms. The Morgan fingerprint density at radius 2 is 1.73 bits per heavy atom. The van der Waals surface area contributed by atoms with Crippen molar-refractivity contribution in [3.05, 3.63) is 53.3 Å². The van der Waals surface area contributed by atoms with E-state index < -0.39 is 12.2 Å². The monoisotopic (exact) mass is 360 g/mol. The summed E-state index contributed by atoms with van der Waals surface area (Å²) in [5, 5.41) is 6.27. The summed E-state index contributed by atoms with van der Waals surface area (Å²) in [7, 11) is 4.49. The minimum atomic E-state index is -0.498. The molecular formula is C19H21FN2O4. The first-order valence-electron chi connectivity index (χ1n) is 8.17. The molecule has 3 rings (SSSR count). The number of hydrogen-bond acceptors (Lipinski definition) is 6. The van der Waals surface area contributed by atoms with E-state index in [1.165, 1.54) is 27.4 Å². The topological polar surface area (TPSA) is 68.8 Å². The molecule has 138 valence electrons. The van der Waals surface area contributed by atoms with Crippen LogP contribution in [-0.2, 0) is 0 Å². The molecule has 0 spiro atoms. The molecule has 1 fully saturated rings. The molecule has 2 aromatic rings. The van der Waals surface area contributed by atoms with Gasteiger partial charge in [-0.15, -0.1) is 0 Å². The standard InChI is InChI=1S/C19H21FN2O4/c1-24-15-8-11(9-16(25-2)18(15)26-3)17(23)14-10-21-19(22-14)12-6-4-5-7-13(12)20/h4-9,14,19,21-22H,10H2,1-3H3. The third-order valence-corrected chi connectivity index (χ3v) is 4.38. The van der Waals surface area contributed by atoms with Crippen LogP contribution in [0.4, 0.5) is 4.39 Å². The first-order valence-corrected chi connectivity index (χ1v) is 8.17. The Kier molecular flexibility index (Phi) is 5.39. The number of Topliss-reactive ketones (excluding diaryl/α,β-unsaturated/α-hetero) is 1. The van der Waals surface area contributed by atoms with E-state index >= 15 is 0 Å². The van der Waals surface area contributed by atoms with E-state index in [9.17, 15) is 9.18 Å². The number of ketones is 1. The molecular weight excluding hydrogens is 339 g/mol. The predicted octanol–water partition coefficient (Wildman–Crippen LogP) is 2.29. The Hall–Kier alpha value is -2.64. The maximum Gasteiger partial charge on any atom is 0.203 e. The number of hydrogen-bond donors (Lipinski definition) is 2. The highest BCUT2D eigenvalue weighted by atomic mass is 19.1. The Labute approximate surface area is 151 Å². The van der Waals surface area contributed by atoms with Gasteiger partial charge in [0.2, 0.25) is 5.75 Å². The lowest BCUT2D eigenvalue weighted by molar-refractivity contribution is 0.0954. The molecule has 1 aliphatic heterocycles. The van der Waals surface area contributed by atoms with Gasteiger partial charge in [0.05, 0.1) is 33.5 Å². The maximum atomic E-state index is 14.0. The highest BCUT2D eigenvalue weighted by Gasteiger charge is 2.32. The fourth-order valence-electron chi connectivity index (χ4n) is 3.06. The summed E-state index contributed by atoms with van der Waals surface area (Å²) >= 11 is 0. The Morgan fingerprint density at radius 1 is 1.08 bits per heavy atom. The van der Waals surface area contributed by atoms with E-state index in [2.05, 4.69) is 10.6 Å². The molecule has 6 nitrogen and oxygen atoms in total. The van der Waals surface area contributed by atoms with Crippen LogP contribution < -0.4 is 24.8 Å². The average Bonchev–Trinajstić information content (AvgIpc) is 3.16. The van der Waals surface area contributed by atoms with E-state index in [0.29, 0.717) is 34.9 Å². The van der Waals surface area contributed by atoms with Crippen LogP contribution in [0.25, 0.3) is 0 Å². The van der Waals surface area contributed by atoms with Crippen molar-refractivity contribution in [2.45, 2.75) is 12.2 Å². The molecule has 7 heteroatoms. The third-order valence-electron chi connectivity index (χ3n) is 4.38. The van der Waals surface area contributed by atoms with Crippen LogP contribution in [0, 0.1) is 5.82 Å². The van der Waals surface area contributed by atoms with Gasteiger partial charge in [-0.3, -0.25) is 15.4 Å². The second kappa shape index (κ2) is 7.72. The quantitative estimate of drug-likeness (QED) is 0.771. The molecule has 2 unspecified atom stereocenters. The largest absolute Gasteiger partial charge is 0.493 e. The lowest BCUT2D eigenvalue weighted by Crippen LogP contribution is -2.34. The van der Waals surface area contributed by atoms with Gasteiger partial charge in [-0.05, 0) is 18.2 Å². The fraction of sp³-hybridized carbons (Fsp3) is 0.316. The summed E-state index contributed by atoms with van der Waals surface area (Å²) in [6.07, 6.45) is -0.424. The zero-order valence-electron chi connectivity index (χ0n) is 14.8. The van der Waals surface area contributed by atoms with Crippen molar-refractivity contribution in [3.8, 4) is 17.2 Å². The summed E-state index contributed by atoms with van der Waals surface area (Å²) in [6.45, 7) is 0.383. The number of carbonyl (C=O) groups excluding carboxylic acids is 1. The Balaban J connectivity index is 1.83. The third kappa shape index (κ3) is 3.36. The first-order chi connectivity index (χ1) is 12.6. The number of halogens is 1. The van der Waals surface area contributed by atoms with E-state index in [-0.39, 0.29) is 11.6 Å². The van der Waals surface area contributed by atoms with Crippen LogP contribution in [0.5, 0.6) is 17.2 Å². The minimum Gasteiger partial charge on any atom is -0.493 e. The summed E-state index contributed by atoms with van der Waals surface area (Å²) in [4.78, 5) is 12.9. The number of methoxy groups -OCH3 is 3. The van der Waals surface area contributed by atoms with Crippen molar-refractivity contribution < 1.29 is 23.4 Å². The van der Waals surface area contributed by atoms with Gasteiger partial charge in [0.1, 0.15) is 5.82 Å². The van der Waals surface area contributed by atoms with Crippen molar-refractivity contribution in [3.63, 3.8) is 0 Å². The number of carbonyl (C=O) groups is 1. The second-order valence-corrected chi connectivity index (χ2v) is 5.86. The van der Waals surface area contributed by atoms with Crippen LogP contribution >= 0.6 is 0 Å². The van der Waals surface area contributed by atoms with Crippen LogP contribution in [0.2, 0.25) is 0 Å². The normalized spacial score (nSPS) is 19.2. The Morgan fingerprint density at radius 3 is 2.31 bits per heavy atom. The van der Waals surface area contributed by atoms with E-state index in [1.54, 1.807) is 30.3 Å². The molecule has 0 aliphatic carbocycles. The molecule has 0 bridgehead atoms. The summed E-state index contributed by atoms with van der Waals surface area (Å²) in [6, 6.07) is 9.20. The van der Waals surface area contributed by atoms with Crippen molar-refractivity contribution in [2.75, 3.05) is 27.9 Å². The van der Waals surface area contributed by atoms with Gasteiger partial charge in [0.15, 0.2) is 17.3 Å². The first kappa shape index (κ1) is 18.2. The van der Waals surface area contributed by atoms with Crippen molar-refractivity contribution >= 4 is 5.78 Å². The van der Waals surface area contributed by atoms with Crippen molar-refractivity contribution in [2.24, 2.45) is 0 Å². The predicted molar refractivity (Wildman–Crippen MR) is 94.5 cm³/mol. The smallest absolute Gasteiger partial charge is 0.203 e. The molecule has 1 aliphatic rings.